The number of hydrogen-bond acceptors (Lipinski definition) is 9. The van der Waals surface area contributed by atoms with Crippen LogP contribution in [0, 0.1) is 0 Å². The summed E-state index contributed by atoms with van der Waals surface area (Å²) in [7, 11) is -4.34. The fourth-order valence-corrected chi connectivity index (χ4v) is 4.23. The van der Waals surface area contributed by atoms with Crippen LogP contribution in [-0.2, 0) is 10.1 Å². The smallest absolute Gasteiger partial charge is 0.294 e. The minimum Gasteiger partial charge on any atom is -0.395 e. The predicted molar refractivity (Wildman–Crippen MR) is 147 cm³/mol. The van der Waals surface area contributed by atoms with Crippen LogP contribution >= 0.6 is 0 Å². The quantitative estimate of drug-likeness (QED) is 0.140. The van der Waals surface area contributed by atoms with Crippen LogP contribution in [0.25, 0.3) is 10.8 Å². The van der Waals surface area contributed by atoms with Gasteiger partial charge in [-0.25, -0.2) is 0 Å². The first-order chi connectivity index (χ1) is 17.9. The Morgan fingerprint density at radius 2 is 1.21 bits per heavy atom. The third-order valence-corrected chi connectivity index (χ3v) is 6.34. The van der Waals surface area contributed by atoms with Gasteiger partial charge in [-0.2, -0.15) is 18.6 Å². The molecule has 4 aromatic carbocycles. The van der Waals surface area contributed by atoms with Crippen molar-refractivity contribution in [3.8, 4) is 0 Å². The van der Waals surface area contributed by atoms with Crippen molar-refractivity contribution in [3.05, 3.63) is 84.9 Å². The molecule has 0 amide bonds. The van der Waals surface area contributed by atoms with Gasteiger partial charge in [0.25, 0.3) is 10.1 Å². The van der Waals surface area contributed by atoms with Crippen molar-refractivity contribution >= 4 is 78.9 Å². The molecule has 0 bridgehead atoms. The van der Waals surface area contributed by atoms with Gasteiger partial charge in [0.1, 0.15) is 0 Å². The van der Waals surface area contributed by atoms with Crippen LogP contribution in [0.3, 0.4) is 0 Å². The molecule has 0 saturated heterocycles. The van der Waals surface area contributed by atoms with E-state index in [9.17, 15) is 23.2 Å². The van der Waals surface area contributed by atoms with Gasteiger partial charge in [-0.1, -0.05) is 30.3 Å². The van der Waals surface area contributed by atoms with Crippen molar-refractivity contribution in [3.63, 3.8) is 0 Å². The maximum absolute atomic E-state index is 11.4. The third-order valence-electron chi connectivity index (χ3n) is 5.49. The summed E-state index contributed by atoms with van der Waals surface area (Å²) < 4.78 is 32.0. The van der Waals surface area contributed by atoms with Crippen molar-refractivity contribution in [2.75, 3.05) is 31.2 Å². The van der Waals surface area contributed by atoms with E-state index in [1.165, 1.54) is 18.2 Å². The fourth-order valence-electron chi connectivity index (χ4n) is 3.71. The standard InChI is InChI=1S/C26H25N5O5S.Na/c32-16-14-31(15-17-33)21-10-8-19(9-11-21)27-29-25-12-13-26(24-7-2-1-6-23(24)25)30-28-20-4-3-5-22(18-20)37(34,35)36;/h1-13,18,32-33H,14-17H2,(H,34,35,36);. The molecule has 0 saturated carbocycles. The number of azo groups is 2. The molecule has 0 aliphatic carbocycles. The SMILES string of the molecule is O=S(=O)(O)c1cccc(N=Nc2ccc(N=Nc3ccc(N(CCO)CCO)cc3)c3ccccc23)c1.[Na]. The Bertz CT molecular complexity index is 1540. The second-order valence-electron chi connectivity index (χ2n) is 7.97. The first-order valence-corrected chi connectivity index (χ1v) is 12.8. The van der Waals surface area contributed by atoms with Crippen molar-refractivity contribution in [2.45, 2.75) is 4.90 Å². The Balaban J connectivity index is 0.00000400. The number of aliphatic hydroxyl groups is 2. The monoisotopic (exact) mass is 542 g/mol. The molecule has 0 spiro atoms. The van der Waals surface area contributed by atoms with Gasteiger partial charge < -0.3 is 15.1 Å². The molecule has 0 atom stereocenters. The average Bonchev–Trinajstić information content (AvgIpc) is 2.91. The fraction of sp³-hybridized carbons (Fsp3) is 0.154. The van der Waals surface area contributed by atoms with Gasteiger partial charge in [0.2, 0.25) is 0 Å². The number of anilines is 1. The summed E-state index contributed by atoms with van der Waals surface area (Å²) in [6.45, 7) is 0.814. The van der Waals surface area contributed by atoms with Gasteiger partial charge >= 0.3 is 0 Å². The minimum atomic E-state index is -4.34. The summed E-state index contributed by atoms with van der Waals surface area (Å²) in [5.74, 6) is 0. The van der Waals surface area contributed by atoms with Crippen LogP contribution < -0.4 is 4.90 Å². The van der Waals surface area contributed by atoms with E-state index < -0.39 is 10.1 Å². The number of fused-ring (bicyclic) bond motifs is 1. The summed E-state index contributed by atoms with van der Waals surface area (Å²) in [5.41, 5.74) is 2.98. The second-order valence-corrected chi connectivity index (χ2v) is 9.39. The summed E-state index contributed by atoms with van der Waals surface area (Å²) in [4.78, 5) is 1.62. The van der Waals surface area contributed by atoms with Gasteiger partial charge in [0.15, 0.2) is 0 Å². The van der Waals surface area contributed by atoms with Gasteiger partial charge in [-0.15, -0.1) is 10.2 Å². The van der Waals surface area contributed by atoms with E-state index in [4.69, 9.17) is 0 Å². The maximum atomic E-state index is 11.4. The molecule has 0 aromatic heterocycles. The molecule has 0 aliphatic rings. The van der Waals surface area contributed by atoms with Crippen LogP contribution in [-0.4, -0.2) is 79.0 Å². The van der Waals surface area contributed by atoms with Crippen LogP contribution in [0.2, 0.25) is 0 Å². The first kappa shape index (κ1) is 29.5. The van der Waals surface area contributed by atoms with E-state index in [1.807, 2.05) is 53.4 Å². The molecule has 12 heteroatoms. The van der Waals surface area contributed by atoms with E-state index in [1.54, 1.807) is 18.2 Å². The predicted octanol–water partition coefficient (Wildman–Crippen LogP) is 5.33. The summed E-state index contributed by atoms with van der Waals surface area (Å²) in [6, 6.07) is 24.0. The molecule has 0 heterocycles. The van der Waals surface area contributed by atoms with Crippen molar-refractivity contribution in [1.82, 2.24) is 0 Å². The molecular weight excluding hydrogens is 517 g/mol. The van der Waals surface area contributed by atoms with Gasteiger partial charge in [0.05, 0.1) is 40.9 Å². The second kappa shape index (κ2) is 13.7. The van der Waals surface area contributed by atoms with Crippen LogP contribution in [0.4, 0.5) is 28.4 Å². The molecule has 0 aliphatic heterocycles. The molecular formula is C26H25N5NaO5S. The Labute approximate surface area is 242 Å². The van der Waals surface area contributed by atoms with Crippen LogP contribution in [0.5, 0.6) is 0 Å². The van der Waals surface area contributed by atoms with E-state index in [-0.39, 0.29) is 53.4 Å². The molecule has 191 valence electrons. The average molecular weight is 543 g/mol. The Hall–Kier alpha value is -3.03. The Kier molecular flexibility index (Phi) is 10.6. The topological polar surface area (TPSA) is 148 Å². The molecule has 1 radical (unpaired) electrons. The third kappa shape index (κ3) is 7.51. The van der Waals surface area contributed by atoms with Crippen molar-refractivity contribution in [1.29, 1.82) is 0 Å². The van der Waals surface area contributed by atoms with Crippen molar-refractivity contribution in [2.24, 2.45) is 20.5 Å². The number of nitrogens with zero attached hydrogens (tertiary/aromatic N) is 5. The van der Waals surface area contributed by atoms with Crippen LogP contribution in [0.1, 0.15) is 0 Å². The summed E-state index contributed by atoms with van der Waals surface area (Å²) in [6.07, 6.45) is 0. The minimum absolute atomic E-state index is 0. The molecule has 4 rings (SSSR count). The Morgan fingerprint density at radius 1 is 0.658 bits per heavy atom. The molecule has 0 unspecified atom stereocenters. The number of hydrogen-bond donors (Lipinski definition) is 3. The zero-order valence-corrected chi connectivity index (χ0v) is 23.5. The number of rotatable bonds is 10. The summed E-state index contributed by atoms with van der Waals surface area (Å²) >= 11 is 0. The number of aliphatic hydroxyl groups excluding tert-OH is 2. The van der Waals surface area contributed by atoms with E-state index in [0.717, 1.165) is 16.5 Å². The van der Waals surface area contributed by atoms with E-state index in [2.05, 4.69) is 20.5 Å². The molecule has 3 N–H and O–H groups in total. The molecule has 4 aromatic rings. The number of benzene rings is 4. The normalized spacial score (nSPS) is 11.8. The van der Waals surface area contributed by atoms with Gasteiger partial charge in [-0.3, -0.25) is 4.55 Å². The van der Waals surface area contributed by atoms with Crippen LogP contribution in [0.15, 0.2) is 110 Å². The zero-order valence-electron chi connectivity index (χ0n) is 20.7. The van der Waals surface area contributed by atoms with Gasteiger partial charge in [-0.05, 0) is 54.6 Å². The first-order valence-electron chi connectivity index (χ1n) is 11.4. The van der Waals surface area contributed by atoms with E-state index in [0.29, 0.717) is 30.2 Å². The van der Waals surface area contributed by atoms with Gasteiger partial charge in [0, 0.05) is 59.1 Å². The van der Waals surface area contributed by atoms with E-state index >= 15 is 0 Å². The largest absolute Gasteiger partial charge is 0.395 e. The molecule has 10 nitrogen and oxygen atoms in total. The molecule has 0 fully saturated rings. The van der Waals surface area contributed by atoms with Crippen molar-refractivity contribution < 1.29 is 23.2 Å². The zero-order chi connectivity index (χ0) is 26.3. The molecule has 38 heavy (non-hydrogen) atoms. The maximum Gasteiger partial charge on any atom is 0.294 e. The summed E-state index contributed by atoms with van der Waals surface area (Å²) in [5, 5.41) is 37.2. The Morgan fingerprint density at radius 3 is 1.74 bits per heavy atom.